The van der Waals surface area contributed by atoms with Gasteiger partial charge in [-0.2, -0.15) is 0 Å². The van der Waals surface area contributed by atoms with Gasteiger partial charge < -0.3 is 9.80 Å². The number of amides is 1. The molecule has 6 nitrogen and oxygen atoms in total. The molecule has 2 aromatic rings. The summed E-state index contributed by atoms with van der Waals surface area (Å²) in [4.78, 5) is 28.1. The minimum absolute atomic E-state index is 0.0935. The lowest BCUT2D eigenvalue weighted by Gasteiger charge is -2.36. The van der Waals surface area contributed by atoms with Crippen molar-refractivity contribution in [1.82, 2.24) is 4.90 Å². The molecule has 0 bridgehead atoms. The number of benzene rings is 2. The number of aryl methyl sites for hydroxylation is 2. The lowest BCUT2D eigenvalue weighted by atomic mass is 10.2. The Bertz CT molecular complexity index is 831. The number of carbonyl (C=O) groups excluding carboxylic acids is 1. The van der Waals surface area contributed by atoms with Gasteiger partial charge in [-0.05, 0) is 37.6 Å². The first-order chi connectivity index (χ1) is 12.9. The summed E-state index contributed by atoms with van der Waals surface area (Å²) in [5.74, 6) is 0.602. The van der Waals surface area contributed by atoms with Crippen LogP contribution in [0.4, 0.5) is 11.4 Å². The Balaban J connectivity index is 1.51. The molecule has 1 aliphatic heterocycles. The minimum atomic E-state index is -0.395. The van der Waals surface area contributed by atoms with Crippen LogP contribution >= 0.6 is 11.8 Å². The standard InChI is InChI=1S/C20H23N3O3S/c1-15-3-8-19(16(2)13-15)27-14-20(24)22-11-9-21(10-12-22)17-4-6-18(7-5-17)23(25)26/h3-8,13H,9-12,14H2,1-2H3. The van der Waals surface area contributed by atoms with E-state index in [-0.39, 0.29) is 11.6 Å². The van der Waals surface area contributed by atoms with Crippen molar-refractivity contribution >= 4 is 29.0 Å². The first-order valence-corrected chi connectivity index (χ1v) is 9.90. The predicted molar refractivity (Wildman–Crippen MR) is 109 cm³/mol. The molecule has 142 valence electrons. The van der Waals surface area contributed by atoms with Crippen LogP contribution in [-0.2, 0) is 4.79 Å². The summed E-state index contributed by atoms with van der Waals surface area (Å²) in [7, 11) is 0. The highest BCUT2D eigenvalue weighted by Gasteiger charge is 2.21. The van der Waals surface area contributed by atoms with Crippen LogP contribution in [0.15, 0.2) is 47.4 Å². The quantitative estimate of drug-likeness (QED) is 0.446. The van der Waals surface area contributed by atoms with Gasteiger partial charge in [-0.25, -0.2) is 0 Å². The van der Waals surface area contributed by atoms with Gasteiger partial charge in [0.15, 0.2) is 0 Å². The van der Waals surface area contributed by atoms with Crippen molar-refractivity contribution in [3.63, 3.8) is 0 Å². The Kier molecular flexibility index (Phi) is 6.01. The van der Waals surface area contributed by atoms with Crippen LogP contribution < -0.4 is 4.90 Å². The van der Waals surface area contributed by atoms with E-state index in [0.29, 0.717) is 18.8 Å². The average molecular weight is 385 g/mol. The van der Waals surface area contributed by atoms with Crippen molar-refractivity contribution < 1.29 is 9.72 Å². The van der Waals surface area contributed by atoms with Crippen LogP contribution in [0, 0.1) is 24.0 Å². The van der Waals surface area contributed by atoms with Crippen molar-refractivity contribution in [2.45, 2.75) is 18.7 Å². The van der Waals surface area contributed by atoms with E-state index in [1.807, 2.05) is 4.90 Å². The van der Waals surface area contributed by atoms with Gasteiger partial charge in [0.25, 0.3) is 5.69 Å². The third-order valence-corrected chi connectivity index (χ3v) is 5.90. The minimum Gasteiger partial charge on any atom is -0.368 e. The molecule has 0 unspecified atom stereocenters. The lowest BCUT2D eigenvalue weighted by molar-refractivity contribution is -0.384. The molecule has 0 radical (unpaired) electrons. The van der Waals surface area contributed by atoms with Gasteiger partial charge in [-0.1, -0.05) is 17.7 Å². The highest BCUT2D eigenvalue weighted by Crippen LogP contribution is 2.24. The Hall–Kier alpha value is -2.54. The van der Waals surface area contributed by atoms with E-state index >= 15 is 0 Å². The molecule has 1 saturated heterocycles. The molecule has 0 aliphatic carbocycles. The van der Waals surface area contributed by atoms with Gasteiger partial charge in [0.2, 0.25) is 5.91 Å². The zero-order valence-corrected chi connectivity index (χ0v) is 16.4. The van der Waals surface area contributed by atoms with Crippen molar-refractivity contribution in [3.8, 4) is 0 Å². The smallest absolute Gasteiger partial charge is 0.269 e. The van der Waals surface area contributed by atoms with E-state index in [1.165, 1.54) is 23.3 Å². The van der Waals surface area contributed by atoms with Crippen LogP contribution in [0.1, 0.15) is 11.1 Å². The number of piperazine rings is 1. The average Bonchev–Trinajstić information content (AvgIpc) is 2.67. The number of nitro groups is 1. The van der Waals surface area contributed by atoms with Crippen molar-refractivity contribution in [2.24, 2.45) is 0 Å². The fourth-order valence-corrected chi connectivity index (χ4v) is 4.10. The monoisotopic (exact) mass is 385 g/mol. The Morgan fingerprint density at radius 2 is 1.74 bits per heavy atom. The van der Waals surface area contributed by atoms with E-state index in [4.69, 9.17) is 0 Å². The SMILES string of the molecule is Cc1ccc(SCC(=O)N2CCN(c3ccc([N+](=O)[O-])cc3)CC2)c(C)c1. The number of hydrogen-bond acceptors (Lipinski definition) is 5. The van der Waals surface area contributed by atoms with Crippen molar-refractivity contribution in [3.05, 3.63) is 63.7 Å². The number of thioether (sulfide) groups is 1. The van der Waals surface area contributed by atoms with E-state index in [0.717, 1.165) is 23.7 Å². The molecule has 3 rings (SSSR count). The summed E-state index contributed by atoms with van der Waals surface area (Å²) in [6.45, 7) is 6.95. The molecule has 0 atom stereocenters. The molecule has 0 aromatic heterocycles. The van der Waals surface area contributed by atoms with Gasteiger partial charge in [0.1, 0.15) is 0 Å². The van der Waals surface area contributed by atoms with Crippen LogP contribution in [0.25, 0.3) is 0 Å². The zero-order chi connectivity index (χ0) is 19.4. The highest BCUT2D eigenvalue weighted by molar-refractivity contribution is 8.00. The van der Waals surface area contributed by atoms with Gasteiger partial charge in [-0.15, -0.1) is 11.8 Å². The van der Waals surface area contributed by atoms with E-state index < -0.39 is 4.92 Å². The first-order valence-electron chi connectivity index (χ1n) is 8.91. The Morgan fingerprint density at radius 1 is 1.07 bits per heavy atom. The fraction of sp³-hybridized carbons (Fsp3) is 0.350. The summed E-state index contributed by atoms with van der Waals surface area (Å²) in [5, 5.41) is 10.8. The number of nitro benzene ring substituents is 1. The molecule has 0 N–H and O–H groups in total. The molecular weight excluding hydrogens is 362 g/mol. The van der Waals surface area contributed by atoms with Crippen molar-refractivity contribution in [1.29, 1.82) is 0 Å². The fourth-order valence-electron chi connectivity index (χ4n) is 3.19. The second-order valence-electron chi connectivity index (χ2n) is 6.70. The molecule has 1 heterocycles. The molecular formula is C20H23N3O3S. The maximum Gasteiger partial charge on any atom is 0.269 e. The lowest BCUT2D eigenvalue weighted by Crippen LogP contribution is -2.49. The van der Waals surface area contributed by atoms with Crippen LogP contribution in [0.5, 0.6) is 0 Å². The molecule has 1 fully saturated rings. The first kappa shape index (κ1) is 19.2. The summed E-state index contributed by atoms with van der Waals surface area (Å²) in [6, 6.07) is 12.9. The third-order valence-electron chi connectivity index (χ3n) is 4.74. The van der Waals surface area contributed by atoms with Crippen LogP contribution in [0.3, 0.4) is 0 Å². The molecule has 0 spiro atoms. The number of nitrogens with zero attached hydrogens (tertiary/aromatic N) is 3. The van der Waals surface area contributed by atoms with Crippen LogP contribution in [-0.4, -0.2) is 47.7 Å². The molecule has 1 amide bonds. The van der Waals surface area contributed by atoms with E-state index in [9.17, 15) is 14.9 Å². The topological polar surface area (TPSA) is 66.7 Å². The molecule has 2 aromatic carbocycles. The van der Waals surface area contributed by atoms with Gasteiger partial charge >= 0.3 is 0 Å². The largest absolute Gasteiger partial charge is 0.368 e. The summed E-state index contributed by atoms with van der Waals surface area (Å²) in [6.07, 6.45) is 0. The molecule has 7 heteroatoms. The van der Waals surface area contributed by atoms with Gasteiger partial charge in [-0.3, -0.25) is 14.9 Å². The second kappa shape index (κ2) is 8.43. The predicted octanol–water partition coefficient (Wildman–Crippen LogP) is 3.65. The van der Waals surface area contributed by atoms with Crippen LogP contribution in [0.2, 0.25) is 0 Å². The molecule has 27 heavy (non-hydrogen) atoms. The van der Waals surface area contributed by atoms with Crippen molar-refractivity contribution in [2.75, 3.05) is 36.8 Å². The Labute approximate surface area is 163 Å². The number of non-ortho nitro benzene ring substituents is 1. The normalized spacial score (nSPS) is 14.3. The number of carbonyl (C=O) groups is 1. The summed E-state index contributed by atoms with van der Waals surface area (Å²) < 4.78 is 0. The molecule has 1 aliphatic rings. The molecule has 0 saturated carbocycles. The maximum absolute atomic E-state index is 12.5. The van der Waals surface area contributed by atoms with E-state index in [1.54, 1.807) is 23.9 Å². The summed E-state index contributed by atoms with van der Waals surface area (Å²) in [5.41, 5.74) is 3.48. The highest BCUT2D eigenvalue weighted by atomic mass is 32.2. The second-order valence-corrected chi connectivity index (χ2v) is 7.72. The zero-order valence-electron chi connectivity index (χ0n) is 15.6. The number of anilines is 1. The number of rotatable bonds is 5. The van der Waals surface area contributed by atoms with E-state index in [2.05, 4.69) is 36.9 Å². The number of hydrogen-bond donors (Lipinski definition) is 0. The summed E-state index contributed by atoms with van der Waals surface area (Å²) >= 11 is 1.59. The Morgan fingerprint density at radius 3 is 2.33 bits per heavy atom. The van der Waals surface area contributed by atoms with Gasteiger partial charge in [0, 0.05) is 48.9 Å². The van der Waals surface area contributed by atoms with Gasteiger partial charge in [0.05, 0.1) is 10.7 Å². The maximum atomic E-state index is 12.5. The third kappa shape index (κ3) is 4.80.